The van der Waals surface area contributed by atoms with E-state index in [9.17, 15) is 13.2 Å². The van der Waals surface area contributed by atoms with E-state index in [4.69, 9.17) is 0 Å². The molecule has 0 saturated carbocycles. The smallest absolute Gasteiger partial charge is 0.264 e. The quantitative estimate of drug-likeness (QED) is 0.608. The number of carbonyl (C=O) groups excluding carboxylic acids is 1. The van der Waals surface area contributed by atoms with E-state index in [0.29, 0.717) is 18.8 Å². The van der Waals surface area contributed by atoms with Gasteiger partial charge in [-0.05, 0) is 55.7 Å². The average Bonchev–Trinajstić information content (AvgIpc) is 2.78. The van der Waals surface area contributed by atoms with Crippen molar-refractivity contribution < 1.29 is 13.2 Å². The van der Waals surface area contributed by atoms with Gasteiger partial charge in [-0.3, -0.25) is 9.10 Å². The predicted molar refractivity (Wildman–Crippen MR) is 122 cm³/mol. The summed E-state index contributed by atoms with van der Waals surface area (Å²) in [6, 6.07) is 22.0. The van der Waals surface area contributed by atoms with Gasteiger partial charge in [0.05, 0.1) is 10.6 Å². The number of anilines is 1. The second-order valence-corrected chi connectivity index (χ2v) is 9.86. The lowest BCUT2D eigenvalue weighted by atomic mass is 10.00. The highest BCUT2D eigenvalue weighted by molar-refractivity contribution is 7.92. The molecule has 0 N–H and O–H groups in total. The van der Waals surface area contributed by atoms with Gasteiger partial charge >= 0.3 is 0 Å². The van der Waals surface area contributed by atoms with Crippen LogP contribution in [0.1, 0.15) is 22.3 Å². The fourth-order valence-electron chi connectivity index (χ4n) is 3.79. The maximum Gasteiger partial charge on any atom is 0.264 e. The zero-order chi connectivity index (χ0) is 22.0. The lowest BCUT2D eigenvalue weighted by Gasteiger charge is -2.32. The van der Waals surface area contributed by atoms with E-state index >= 15 is 0 Å². The third-order valence-electron chi connectivity index (χ3n) is 5.69. The van der Waals surface area contributed by atoms with Crippen molar-refractivity contribution in [2.45, 2.75) is 31.7 Å². The van der Waals surface area contributed by atoms with Crippen LogP contribution < -0.4 is 4.31 Å². The molecule has 3 aromatic rings. The van der Waals surface area contributed by atoms with Crippen molar-refractivity contribution in [2.24, 2.45) is 0 Å². The second kappa shape index (κ2) is 8.55. The minimum atomic E-state index is -3.89. The van der Waals surface area contributed by atoms with E-state index in [1.807, 2.05) is 44.2 Å². The Morgan fingerprint density at radius 1 is 0.871 bits per heavy atom. The molecular formula is C25H26N2O3S. The number of carbonyl (C=O) groups is 1. The van der Waals surface area contributed by atoms with E-state index in [0.717, 1.165) is 23.1 Å². The van der Waals surface area contributed by atoms with Gasteiger partial charge in [-0.1, -0.05) is 59.7 Å². The molecule has 0 fully saturated rings. The van der Waals surface area contributed by atoms with Crippen molar-refractivity contribution >= 4 is 21.6 Å². The molecule has 0 atom stereocenters. The van der Waals surface area contributed by atoms with Gasteiger partial charge < -0.3 is 4.90 Å². The largest absolute Gasteiger partial charge is 0.336 e. The molecule has 0 unspecified atom stereocenters. The molecule has 0 bridgehead atoms. The SMILES string of the molecule is Cc1ccc(N(CC(=O)N2CCc3ccccc3C2)S(=O)(=O)c2ccc(C)cc2)cc1. The molecule has 1 aliphatic heterocycles. The molecule has 0 saturated heterocycles. The van der Waals surface area contributed by atoms with Crippen LogP contribution in [0.5, 0.6) is 0 Å². The van der Waals surface area contributed by atoms with Crippen LogP contribution >= 0.6 is 0 Å². The molecule has 1 heterocycles. The van der Waals surface area contributed by atoms with Gasteiger partial charge in [0.15, 0.2) is 0 Å². The molecule has 6 heteroatoms. The highest BCUT2D eigenvalue weighted by Crippen LogP contribution is 2.26. The van der Waals surface area contributed by atoms with Crippen molar-refractivity contribution in [3.63, 3.8) is 0 Å². The van der Waals surface area contributed by atoms with Gasteiger partial charge in [-0.2, -0.15) is 0 Å². The summed E-state index contributed by atoms with van der Waals surface area (Å²) in [6.07, 6.45) is 0.775. The Morgan fingerprint density at radius 3 is 2.10 bits per heavy atom. The zero-order valence-electron chi connectivity index (χ0n) is 17.8. The second-order valence-electron chi connectivity index (χ2n) is 7.99. The molecule has 0 radical (unpaired) electrons. The zero-order valence-corrected chi connectivity index (χ0v) is 18.6. The number of aryl methyl sites for hydroxylation is 2. The highest BCUT2D eigenvalue weighted by Gasteiger charge is 2.30. The number of hydrogen-bond acceptors (Lipinski definition) is 3. The number of hydrogen-bond donors (Lipinski definition) is 0. The van der Waals surface area contributed by atoms with Crippen LogP contribution in [0, 0.1) is 13.8 Å². The van der Waals surface area contributed by atoms with Gasteiger partial charge in [0.1, 0.15) is 6.54 Å². The summed E-state index contributed by atoms with van der Waals surface area (Å²) in [6.45, 7) is 4.70. The van der Waals surface area contributed by atoms with Crippen LogP contribution in [0.15, 0.2) is 77.7 Å². The maximum absolute atomic E-state index is 13.5. The summed E-state index contributed by atoms with van der Waals surface area (Å²) in [5, 5.41) is 0. The Bertz CT molecular complexity index is 1190. The van der Waals surface area contributed by atoms with Crippen LogP contribution in [0.3, 0.4) is 0 Å². The molecule has 0 aliphatic carbocycles. The molecule has 3 aromatic carbocycles. The summed E-state index contributed by atoms with van der Waals surface area (Å²) in [5.41, 5.74) is 4.84. The summed E-state index contributed by atoms with van der Waals surface area (Å²) >= 11 is 0. The molecule has 0 aromatic heterocycles. The Labute approximate surface area is 184 Å². The van der Waals surface area contributed by atoms with Crippen LogP contribution in [0.25, 0.3) is 0 Å². The normalized spacial score (nSPS) is 13.5. The van der Waals surface area contributed by atoms with Crippen molar-refractivity contribution in [2.75, 3.05) is 17.4 Å². The first-order valence-electron chi connectivity index (χ1n) is 10.4. The number of fused-ring (bicyclic) bond motifs is 1. The summed E-state index contributed by atoms with van der Waals surface area (Å²) in [7, 11) is -3.89. The van der Waals surface area contributed by atoms with Gasteiger partial charge in [0, 0.05) is 13.1 Å². The Morgan fingerprint density at radius 2 is 1.45 bits per heavy atom. The van der Waals surface area contributed by atoms with Crippen molar-refractivity contribution in [3.05, 3.63) is 95.1 Å². The van der Waals surface area contributed by atoms with E-state index in [-0.39, 0.29) is 17.3 Å². The number of benzene rings is 3. The molecule has 31 heavy (non-hydrogen) atoms. The maximum atomic E-state index is 13.5. The van der Waals surface area contributed by atoms with Crippen LogP contribution in [0.2, 0.25) is 0 Å². The van der Waals surface area contributed by atoms with Crippen molar-refractivity contribution in [3.8, 4) is 0 Å². The summed E-state index contributed by atoms with van der Waals surface area (Å²) in [4.78, 5) is 15.1. The standard InChI is InChI=1S/C25H26N2O3S/c1-19-7-11-23(12-8-19)27(31(29,30)24-13-9-20(2)10-14-24)18-25(28)26-16-15-21-5-3-4-6-22(21)17-26/h3-14H,15-18H2,1-2H3. The highest BCUT2D eigenvalue weighted by atomic mass is 32.2. The summed E-state index contributed by atoms with van der Waals surface area (Å²) < 4.78 is 28.2. The Kier molecular flexibility index (Phi) is 5.83. The van der Waals surface area contributed by atoms with E-state index in [1.165, 1.54) is 9.87 Å². The molecule has 160 valence electrons. The summed E-state index contributed by atoms with van der Waals surface area (Å²) in [5.74, 6) is -0.203. The van der Waals surface area contributed by atoms with Gasteiger partial charge in [-0.15, -0.1) is 0 Å². The lowest BCUT2D eigenvalue weighted by molar-refractivity contribution is -0.130. The predicted octanol–water partition coefficient (Wildman–Crippen LogP) is 4.08. The Balaban J connectivity index is 1.64. The topological polar surface area (TPSA) is 57.7 Å². The van der Waals surface area contributed by atoms with E-state index < -0.39 is 10.0 Å². The molecule has 4 rings (SSSR count). The number of rotatable bonds is 5. The molecule has 0 spiro atoms. The van der Waals surface area contributed by atoms with Gasteiger partial charge in [0.2, 0.25) is 5.91 Å². The number of nitrogens with zero attached hydrogens (tertiary/aromatic N) is 2. The first-order chi connectivity index (χ1) is 14.8. The molecule has 1 amide bonds. The molecular weight excluding hydrogens is 408 g/mol. The number of sulfonamides is 1. The minimum Gasteiger partial charge on any atom is -0.336 e. The fourth-order valence-corrected chi connectivity index (χ4v) is 5.21. The molecule has 1 aliphatic rings. The third kappa shape index (κ3) is 4.49. The lowest BCUT2D eigenvalue weighted by Crippen LogP contribution is -2.44. The first-order valence-corrected chi connectivity index (χ1v) is 11.8. The van der Waals surface area contributed by atoms with Crippen LogP contribution in [-0.4, -0.2) is 32.3 Å². The monoisotopic (exact) mass is 434 g/mol. The first kappa shape index (κ1) is 21.1. The van der Waals surface area contributed by atoms with Crippen molar-refractivity contribution in [1.82, 2.24) is 4.90 Å². The van der Waals surface area contributed by atoms with E-state index in [2.05, 4.69) is 6.07 Å². The Hall–Kier alpha value is -3.12. The van der Waals surface area contributed by atoms with Gasteiger partial charge in [-0.25, -0.2) is 8.42 Å². The molecule has 5 nitrogen and oxygen atoms in total. The minimum absolute atomic E-state index is 0.176. The van der Waals surface area contributed by atoms with E-state index in [1.54, 1.807) is 41.3 Å². The fraction of sp³-hybridized carbons (Fsp3) is 0.240. The van der Waals surface area contributed by atoms with Crippen molar-refractivity contribution in [1.29, 1.82) is 0 Å². The third-order valence-corrected chi connectivity index (χ3v) is 7.48. The number of amides is 1. The van der Waals surface area contributed by atoms with Crippen LogP contribution in [-0.2, 0) is 27.8 Å². The van der Waals surface area contributed by atoms with Crippen LogP contribution in [0.4, 0.5) is 5.69 Å². The van der Waals surface area contributed by atoms with Gasteiger partial charge in [0.25, 0.3) is 10.0 Å². The average molecular weight is 435 g/mol.